The first-order valence-corrected chi connectivity index (χ1v) is 26.4. The molecule has 3 fully saturated rings. The molecule has 3 aromatic carbocycles. The molecule has 0 spiro atoms. The maximum absolute atomic E-state index is 12.8. The lowest BCUT2D eigenvalue weighted by molar-refractivity contribution is -0.0442. The molecule has 0 aliphatic carbocycles. The van der Waals surface area contributed by atoms with Crippen LogP contribution in [0.3, 0.4) is 0 Å². The van der Waals surface area contributed by atoms with Crippen molar-refractivity contribution in [1.82, 2.24) is 14.7 Å². The molecule has 6 rings (SSSR count). The highest BCUT2D eigenvalue weighted by Crippen LogP contribution is 2.42. The minimum absolute atomic E-state index is 0.299. The molecule has 0 unspecified atom stereocenters. The first kappa shape index (κ1) is 58.3. The van der Waals surface area contributed by atoms with Gasteiger partial charge >= 0.3 is 16.5 Å². The summed E-state index contributed by atoms with van der Waals surface area (Å²) in [5, 5.41) is -1.15. The Hall–Kier alpha value is -3.27. The third kappa shape index (κ3) is 14.0. The summed E-state index contributed by atoms with van der Waals surface area (Å²) in [6.45, 7) is 16.3. The van der Waals surface area contributed by atoms with Crippen LogP contribution in [-0.4, -0.2) is 168 Å². The number of rotatable bonds is 12. The van der Waals surface area contributed by atoms with Gasteiger partial charge < -0.3 is 24.3 Å². The molecule has 0 amide bonds. The number of methoxy groups -OCH3 is 1. The van der Waals surface area contributed by atoms with Crippen molar-refractivity contribution in [2.45, 2.75) is 38.1 Å². The average Bonchev–Trinajstić information content (AvgIpc) is 3.28. The molecule has 3 aliphatic rings. The summed E-state index contributed by atoms with van der Waals surface area (Å²) in [4.78, 5) is 9.17. The molecule has 13 nitrogen and oxygen atoms in total. The van der Waals surface area contributed by atoms with Crippen LogP contribution in [0.4, 0.5) is 56.6 Å². The molecular formula is C41H50Cl3F9N6O7S3. The van der Waals surface area contributed by atoms with Gasteiger partial charge in [0.15, 0.2) is 0 Å². The number of likely N-dealkylation sites (N-methyl/N-ethyl adjacent to an activating group) is 1. The number of piperazine rings is 3. The van der Waals surface area contributed by atoms with E-state index in [0.717, 1.165) is 50.9 Å². The molecule has 3 aliphatic heterocycles. The van der Waals surface area contributed by atoms with Crippen LogP contribution in [0, 0.1) is 0 Å². The van der Waals surface area contributed by atoms with E-state index in [-0.39, 0.29) is 15.1 Å². The highest BCUT2D eigenvalue weighted by molar-refractivity contribution is 7.93. The Morgan fingerprint density at radius 2 is 0.812 bits per heavy atom. The lowest BCUT2D eigenvalue weighted by Crippen LogP contribution is -2.47. The van der Waals surface area contributed by atoms with Gasteiger partial charge in [0.1, 0.15) is 0 Å². The zero-order valence-corrected chi connectivity index (χ0v) is 41.8. The fraction of sp³-hybridized carbons (Fsp3) is 0.512. The van der Waals surface area contributed by atoms with E-state index in [1.165, 1.54) is 30.3 Å². The van der Waals surface area contributed by atoms with Crippen LogP contribution in [0.5, 0.6) is 0 Å². The fourth-order valence-electron chi connectivity index (χ4n) is 7.32. The van der Waals surface area contributed by atoms with Gasteiger partial charge in [0.05, 0.1) is 53.4 Å². The number of ether oxygens (including phenoxy) is 1. The van der Waals surface area contributed by atoms with Crippen LogP contribution in [0.2, 0.25) is 15.1 Å². The molecule has 0 atom stereocenters. The Kier molecular flexibility index (Phi) is 20.3. The topological polar surface area (TPSA) is 131 Å². The number of benzene rings is 3. The minimum Gasteiger partial charge on any atom is -0.383 e. The van der Waals surface area contributed by atoms with Gasteiger partial charge in [0.2, 0.25) is 0 Å². The largest absolute Gasteiger partial charge is 0.501 e. The third-order valence-corrected chi connectivity index (χ3v) is 17.3. The van der Waals surface area contributed by atoms with Crippen LogP contribution < -0.4 is 14.7 Å². The number of nitrogens with zero attached hydrogens (tertiary/aromatic N) is 6. The van der Waals surface area contributed by atoms with Crippen molar-refractivity contribution < 1.29 is 69.5 Å². The Labute approximate surface area is 410 Å². The quantitative estimate of drug-likeness (QED) is 0.128. The van der Waals surface area contributed by atoms with Crippen molar-refractivity contribution in [3.8, 4) is 0 Å². The zero-order chi connectivity index (χ0) is 51.8. The Morgan fingerprint density at radius 1 is 0.522 bits per heavy atom. The summed E-state index contributed by atoms with van der Waals surface area (Å²) in [6, 6.07) is 11.1. The van der Waals surface area contributed by atoms with Gasteiger partial charge in [-0.2, -0.15) is 39.5 Å². The Bertz CT molecular complexity index is 2550. The van der Waals surface area contributed by atoms with Gasteiger partial charge in [0, 0.05) is 98.7 Å². The number of anilines is 3. The van der Waals surface area contributed by atoms with Crippen molar-refractivity contribution in [2.75, 3.05) is 127 Å². The normalized spacial score (nSPS) is 17.4. The lowest BCUT2D eigenvalue weighted by Gasteiger charge is -2.36. The molecule has 388 valence electrons. The molecule has 0 N–H and O–H groups in total. The van der Waals surface area contributed by atoms with Crippen LogP contribution in [0.1, 0.15) is 6.92 Å². The lowest BCUT2D eigenvalue weighted by atomic mass is 10.2. The maximum Gasteiger partial charge on any atom is 0.501 e. The summed E-state index contributed by atoms with van der Waals surface area (Å²) >= 11 is 17.9. The van der Waals surface area contributed by atoms with E-state index in [1.54, 1.807) is 29.1 Å². The smallest absolute Gasteiger partial charge is 0.383 e. The van der Waals surface area contributed by atoms with Crippen LogP contribution >= 0.6 is 34.8 Å². The van der Waals surface area contributed by atoms with Crippen molar-refractivity contribution in [3.05, 3.63) is 82.3 Å². The van der Waals surface area contributed by atoms with Crippen LogP contribution in [0.15, 0.2) is 81.9 Å². The molecule has 3 aromatic rings. The second-order valence-electron chi connectivity index (χ2n) is 15.4. The molecular weight excluding hydrogens is 1060 g/mol. The van der Waals surface area contributed by atoms with E-state index in [0.29, 0.717) is 89.1 Å². The Morgan fingerprint density at radius 3 is 1.07 bits per heavy atom. The van der Waals surface area contributed by atoms with Gasteiger partial charge in [-0.1, -0.05) is 66.0 Å². The molecule has 0 saturated carbocycles. The number of hydrogen-bond acceptors (Lipinski definition) is 13. The first-order chi connectivity index (χ1) is 32.0. The van der Waals surface area contributed by atoms with E-state index in [4.69, 9.17) is 39.5 Å². The van der Waals surface area contributed by atoms with Gasteiger partial charge in [-0.25, -0.2) is 25.3 Å². The highest BCUT2D eigenvalue weighted by atomic mass is 35.5. The fourth-order valence-corrected chi connectivity index (χ4v) is 11.5. The third-order valence-electron chi connectivity index (χ3n) is 11.2. The summed E-state index contributed by atoms with van der Waals surface area (Å²) in [6.07, 6.45) is 1.78. The van der Waals surface area contributed by atoms with Gasteiger partial charge in [-0.3, -0.25) is 9.80 Å². The number of alkyl halides is 9. The van der Waals surface area contributed by atoms with Gasteiger partial charge in [-0.15, -0.1) is 6.58 Å². The summed E-state index contributed by atoms with van der Waals surface area (Å²) < 4.78 is 189. The predicted molar refractivity (Wildman–Crippen MR) is 248 cm³/mol. The standard InChI is InChI=1S/C14H18ClF3N2O3S.C14H16ClF3N2O2S.C13H16ClF3N2O2S/c1-23-10-9-19-5-7-20(8-6-19)11-3-2-4-12(13(11)15)24(21,22)14(16,17)18;1-2-6-19-7-9-20(10-8-19)11-4-3-5-12(13(11)15)23(21,22)14(16,17)18;1-2-18-6-8-19(9-7-18)10-4-3-5-11(12(10)14)22(20,21)13(15,16)17/h2-4H,5-10H2,1H3;2-5H,1,6-10H2;3-5H,2,6-9H2,1H3. The number of halogens is 12. The monoisotopic (exact) mass is 1110 g/mol. The van der Waals surface area contributed by atoms with E-state index in [9.17, 15) is 64.8 Å². The van der Waals surface area contributed by atoms with Gasteiger partial charge in [0.25, 0.3) is 29.5 Å². The molecule has 3 heterocycles. The molecule has 3 saturated heterocycles. The van der Waals surface area contributed by atoms with Crippen molar-refractivity contribution in [1.29, 1.82) is 0 Å². The Balaban J connectivity index is 0.000000226. The van der Waals surface area contributed by atoms with Gasteiger partial charge in [-0.05, 0) is 42.9 Å². The number of hydrogen-bond donors (Lipinski definition) is 0. The summed E-state index contributed by atoms with van der Waals surface area (Å²) in [5.41, 5.74) is -15.2. The van der Waals surface area contributed by atoms with Crippen molar-refractivity contribution in [3.63, 3.8) is 0 Å². The predicted octanol–water partition coefficient (Wildman–Crippen LogP) is 8.12. The second-order valence-corrected chi connectivity index (χ2v) is 22.3. The van der Waals surface area contributed by atoms with E-state index in [1.807, 2.05) is 11.8 Å². The molecule has 0 radical (unpaired) electrons. The molecule has 0 bridgehead atoms. The van der Waals surface area contributed by atoms with Crippen LogP contribution in [-0.2, 0) is 34.2 Å². The highest BCUT2D eigenvalue weighted by Gasteiger charge is 2.50. The molecule has 69 heavy (non-hydrogen) atoms. The molecule has 0 aromatic heterocycles. The van der Waals surface area contributed by atoms with Crippen molar-refractivity contribution >= 4 is 81.4 Å². The van der Waals surface area contributed by atoms with E-state index < -0.39 is 60.7 Å². The summed E-state index contributed by atoms with van der Waals surface area (Å²) in [7, 11) is -14.8. The summed E-state index contributed by atoms with van der Waals surface area (Å²) in [5.74, 6) is 0. The minimum atomic E-state index is -5.48. The average molecular weight is 1110 g/mol. The van der Waals surface area contributed by atoms with E-state index >= 15 is 0 Å². The second kappa shape index (κ2) is 24.0. The molecule has 28 heteroatoms. The maximum atomic E-state index is 12.8. The van der Waals surface area contributed by atoms with Crippen LogP contribution in [0.25, 0.3) is 0 Å². The first-order valence-electron chi connectivity index (χ1n) is 20.9. The van der Waals surface area contributed by atoms with E-state index in [2.05, 4.69) is 21.3 Å². The zero-order valence-electron chi connectivity index (χ0n) is 37.1. The number of sulfone groups is 3. The SMILES string of the molecule is C=CCN1CCN(c2cccc(S(=O)(=O)C(F)(F)F)c2Cl)CC1.CCN1CCN(c2cccc(S(=O)(=O)C(F)(F)F)c2Cl)CC1.COCCN1CCN(c2cccc(S(=O)(=O)C(F)(F)F)c2Cl)CC1. The van der Waals surface area contributed by atoms with Crippen molar-refractivity contribution in [2.24, 2.45) is 0 Å².